The molecule has 130 valence electrons. The quantitative estimate of drug-likeness (QED) is 0.430. The van der Waals surface area contributed by atoms with Gasteiger partial charge in [-0.05, 0) is 29.3 Å². The standard InChI is InChI=1S/C19H14BrClN4S/c20-14-7-5-12(6-8-14)11-26-19-24-17(15(10-22)18(23)25-19)9-13-3-1-2-4-16(13)21/h1-8H,9,11H2,(H2,23,24,25). The zero-order valence-corrected chi connectivity index (χ0v) is 16.8. The molecule has 4 nitrogen and oxygen atoms in total. The number of nitrogens with zero attached hydrogens (tertiary/aromatic N) is 3. The van der Waals surface area contributed by atoms with E-state index in [1.165, 1.54) is 11.8 Å². The van der Waals surface area contributed by atoms with Gasteiger partial charge in [-0.3, -0.25) is 0 Å². The predicted octanol–water partition coefficient (Wildman–Crippen LogP) is 5.23. The Morgan fingerprint density at radius 2 is 1.85 bits per heavy atom. The maximum Gasteiger partial charge on any atom is 0.190 e. The van der Waals surface area contributed by atoms with Crippen LogP contribution in [0.3, 0.4) is 0 Å². The minimum atomic E-state index is 0.197. The minimum absolute atomic E-state index is 0.197. The third-order valence-electron chi connectivity index (χ3n) is 3.70. The Morgan fingerprint density at radius 3 is 2.54 bits per heavy atom. The van der Waals surface area contributed by atoms with Crippen LogP contribution in [0.1, 0.15) is 22.4 Å². The Labute approximate surface area is 169 Å². The van der Waals surface area contributed by atoms with Gasteiger partial charge in [-0.15, -0.1) is 0 Å². The van der Waals surface area contributed by atoms with Crippen LogP contribution in [0.5, 0.6) is 0 Å². The molecule has 0 radical (unpaired) electrons. The van der Waals surface area contributed by atoms with E-state index in [4.69, 9.17) is 17.3 Å². The van der Waals surface area contributed by atoms with Gasteiger partial charge in [0.25, 0.3) is 0 Å². The number of hydrogen-bond acceptors (Lipinski definition) is 5. The molecule has 1 heterocycles. The molecule has 0 atom stereocenters. The van der Waals surface area contributed by atoms with Gasteiger partial charge in [0, 0.05) is 21.7 Å². The van der Waals surface area contributed by atoms with E-state index in [0.29, 0.717) is 33.6 Å². The fourth-order valence-corrected chi connectivity index (χ4v) is 3.66. The van der Waals surface area contributed by atoms with Gasteiger partial charge in [0.05, 0.1) is 5.69 Å². The molecule has 0 saturated carbocycles. The topological polar surface area (TPSA) is 75.6 Å². The summed E-state index contributed by atoms with van der Waals surface area (Å²) in [6.07, 6.45) is 0.432. The summed E-state index contributed by atoms with van der Waals surface area (Å²) in [6, 6.07) is 17.7. The van der Waals surface area contributed by atoms with Crippen LogP contribution in [0.4, 0.5) is 5.82 Å². The second-order valence-corrected chi connectivity index (χ2v) is 7.77. The molecule has 7 heteroatoms. The number of rotatable bonds is 5. The van der Waals surface area contributed by atoms with E-state index in [9.17, 15) is 5.26 Å². The fourth-order valence-electron chi connectivity index (χ4n) is 2.37. The van der Waals surface area contributed by atoms with Crippen molar-refractivity contribution >= 4 is 45.1 Å². The molecule has 2 N–H and O–H groups in total. The largest absolute Gasteiger partial charge is 0.382 e. The number of aromatic nitrogens is 2. The number of anilines is 1. The van der Waals surface area contributed by atoms with Crippen LogP contribution in [0.15, 0.2) is 58.2 Å². The first kappa shape index (κ1) is 18.7. The van der Waals surface area contributed by atoms with Crippen molar-refractivity contribution in [1.29, 1.82) is 5.26 Å². The summed E-state index contributed by atoms with van der Waals surface area (Å²) < 4.78 is 1.03. The van der Waals surface area contributed by atoms with Crippen LogP contribution in [-0.4, -0.2) is 9.97 Å². The van der Waals surface area contributed by atoms with Gasteiger partial charge < -0.3 is 5.73 Å². The number of nitrogens with two attached hydrogens (primary N) is 1. The fraction of sp³-hybridized carbons (Fsp3) is 0.105. The van der Waals surface area contributed by atoms with E-state index in [0.717, 1.165) is 15.6 Å². The Bertz CT molecular complexity index is 970. The summed E-state index contributed by atoms with van der Waals surface area (Å²) in [5.74, 6) is 0.910. The Kier molecular flexibility index (Phi) is 6.15. The predicted molar refractivity (Wildman–Crippen MR) is 109 cm³/mol. The molecule has 3 rings (SSSR count). The van der Waals surface area contributed by atoms with Crippen LogP contribution in [0.2, 0.25) is 5.02 Å². The second kappa shape index (κ2) is 8.54. The molecule has 0 aliphatic carbocycles. The van der Waals surface area contributed by atoms with Crippen molar-refractivity contribution in [3.8, 4) is 6.07 Å². The SMILES string of the molecule is N#Cc1c(N)nc(SCc2ccc(Br)cc2)nc1Cc1ccccc1Cl. The molecule has 1 aromatic heterocycles. The van der Waals surface area contributed by atoms with Gasteiger partial charge in [0.15, 0.2) is 5.16 Å². The van der Waals surface area contributed by atoms with Crippen molar-refractivity contribution < 1.29 is 0 Å². The third-order valence-corrected chi connectivity index (χ3v) is 5.52. The molecule has 26 heavy (non-hydrogen) atoms. The first-order valence-corrected chi connectivity index (χ1v) is 9.89. The lowest BCUT2D eigenvalue weighted by molar-refractivity contribution is 0.902. The van der Waals surface area contributed by atoms with Crippen molar-refractivity contribution in [3.63, 3.8) is 0 Å². The lowest BCUT2D eigenvalue weighted by atomic mass is 10.1. The first-order chi connectivity index (χ1) is 12.6. The Hall–Kier alpha value is -2.07. The van der Waals surface area contributed by atoms with Crippen molar-refractivity contribution in [3.05, 3.63) is 80.4 Å². The van der Waals surface area contributed by atoms with Crippen molar-refractivity contribution in [1.82, 2.24) is 9.97 Å². The molecule has 0 saturated heterocycles. The van der Waals surface area contributed by atoms with Crippen molar-refractivity contribution in [2.24, 2.45) is 0 Å². The van der Waals surface area contributed by atoms with Crippen LogP contribution in [0.25, 0.3) is 0 Å². The van der Waals surface area contributed by atoms with Gasteiger partial charge in [0.1, 0.15) is 17.5 Å². The number of thioether (sulfide) groups is 1. The van der Waals surface area contributed by atoms with Gasteiger partial charge in [-0.2, -0.15) is 5.26 Å². The van der Waals surface area contributed by atoms with Crippen LogP contribution in [0, 0.1) is 11.3 Å². The summed E-state index contributed by atoms with van der Waals surface area (Å²) in [5, 5.41) is 10.6. The molecule has 0 aliphatic heterocycles. The van der Waals surface area contributed by atoms with Crippen LogP contribution < -0.4 is 5.73 Å². The van der Waals surface area contributed by atoms with E-state index < -0.39 is 0 Å². The van der Waals surface area contributed by atoms with Crippen molar-refractivity contribution in [2.45, 2.75) is 17.3 Å². The summed E-state index contributed by atoms with van der Waals surface area (Å²) in [7, 11) is 0. The van der Waals surface area contributed by atoms with Gasteiger partial charge in [-0.25, -0.2) is 9.97 Å². The maximum atomic E-state index is 9.42. The Balaban J connectivity index is 1.85. The lowest BCUT2D eigenvalue weighted by Gasteiger charge is -2.09. The molecular weight excluding hydrogens is 432 g/mol. The summed E-state index contributed by atoms with van der Waals surface area (Å²) in [5.41, 5.74) is 8.93. The molecule has 0 bridgehead atoms. The summed E-state index contributed by atoms with van der Waals surface area (Å²) >= 11 is 11.1. The monoisotopic (exact) mass is 444 g/mol. The Morgan fingerprint density at radius 1 is 1.12 bits per heavy atom. The average Bonchev–Trinajstić information content (AvgIpc) is 2.63. The number of nitrogen functional groups attached to an aromatic ring is 1. The maximum absolute atomic E-state index is 9.42. The number of hydrogen-bond donors (Lipinski definition) is 1. The smallest absolute Gasteiger partial charge is 0.190 e. The second-order valence-electron chi connectivity index (χ2n) is 5.51. The molecule has 0 aliphatic rings. The number of nitriles is 1. The molecule has 0 fully saturated rings. The molecule has 0 spiro atoms. The zero-order valence-electron chi connectivity index (χ0n) is 13.6. The number of benzene rings is 2. The first-order valence-electron chi connectivity index (χ1n) is 7.74. The highest BCUT2D eigenvalue weighted by Gasteiger charge is 2.14. The minimum Gasteiger partial charge on any atom is -0.382 e. The normalized spacial score (nSPS) is 10.5. The van der Waals surface area contributed by atoms with Gasteiger partial charge >= 0.3 is 0 Å². The number of halogens is 2. The van der Waals surface area contributed by atoms with Gasteiger partial charge in [0.2, 0.25) is 0 Å². The third kappa shape index (κ3) is 4.55. The van der Waals surface area contributed by atoms with E-state index in [1.807, 2.05) is 48.5 Å². The summed E-state index contributed by atoms with van der Waals surface area (Å²) in [4.78, 5) is 8.82. The average molecular weight is 446 g/mol. The van der Waals surface area contributed by atoms with E-state index in [1.54, 1.807) is 0 Å². The highest BCUT2D eigenvalue weighted by molar-refractivity contribution is 9.10. The van der Waals surface area contributed by atoms with Gasteiger partial charge in [-0.1, -0.05) is 69.6 Å². The van der Waals surface area contributed by atoms with E-state index in [2.05, 4.69) is 32.0 Å². The molecule has 3 aromatic rings. The highest BCUT2D eigenvalue weighted by Crippen LogP contribution is 2.26. The van der Waals surface area contributed by atoms with Crippen LogP contribution in [-0.2, 0) is 12.2 Å². The molecular formula is C19H14BrClN4S. The highest BCUT2D eigenvalue weighted by atomic mass is 79.9. The lowest BCUT2D eigenvalue weighted by Crippen LogP contribution is -2.06. The molecule has 2 aromatic carbocycles. The van der Waals surface area contributed by atoms with E-state index >= 15 is 0 Å². The van der Waals surface area contributed by atoms with Crippen LogP contribution >= 0.6 is 39.3 Å². The molecule has 0 unspecified atom stereocenters. The molecule has 0 amide bonds. The van der Waals surface area contributed by atoms with Crippen molar-refractivity contribution in [2.75, 3.05) is 5.73 Å². The van der Waals surface area contributed by atoms with E-state index in [-0.39, 0.29) is 5.82 Å². The summed E-state index contributed by atoms with van der Waals surface area (Å²) in [6.45, 7) is 0. The zero-order chi connectivity index (χ0) is 18.5.